The van der Waals surface area contributed by atoms with E-state index in [0.717, 1.165) is 16.5 Å². The topological polar surface area (TPSA) is 204 Å². The predicted molar refractivity (Wildman–Crippen MR) is 126 cm³/mol. The summed E-state index contributed by atoms with van der Waals surface area (Å²) in [5.74, 6) is -5.46. The second-order valence-corrected chi connectivity index (χ2v) is 8.63. The van der Waals surface area contributed by atoms with Crippen molar-refractivity contribution in [3.05, 3.63) is 36.0 Å². The highest BCUT2D eigenvalue weighted by atomic mass is 16.4. The lowest BCUT2D eigenvalue weighted by Gasteiger charge is -2.25. The summed E-state index contributed by atoms with van der Waals surface area (Å²) >= 11 is 0. The molecule has 0 bridgehead atoms. The van der Waals surface area contributed by atoms with Gasteiger partial charge >= 0.3 is 11.9 Å². The van der Waals surface area contributed by atoms with Gasteiger partial charge in [-0.25, -0.2) is 4.79 Å². The first-order valence-electron chi connectivity index (χ1n) is 11.1. The molecule has 1 aromatic carbocycles. The summed E-state index contributed by atoms with van der Waals surface area (Å²) in [4.78, 5) is 63.0. The number of nitrogens with two attached hydrogens (primary N) is 1. The minimum Gasteiger partial charge on any atom is -0.481 e. The predicted octanol–water partition coefficient (Wildman–Crippen LogP) is -0.273. The molecule has 0 fully saturated rings. The van der Waals surface area contributed by atoms with Crippen LogP contribution in [0.5, 0.6) is 0 Å². The zero-order chi connectivity index (χ0) is 26.3. The zero-order valence-corrected chi connectivity index (χ0v) is 19.7. The van der Waals surface area contributed by atoms with Crippen LogP contribution in [0.4, 0.5) is 0 Å². The summed E-state index contributed by atoms with van der Waals surface area (Å²) in [5.41, 5.74) is 7.81. The largest absolute Gasteiger partial charge is 0.481 e. The monoisotopic (exact) mass is 489 g/mol. The quantitative estimate of drug-likeness (QED) is 0.211. The average Bonchev–Trinajstić information content (AvgIpc) is 3.18. The van der Waals surface area contributed by atoms with E-state index in [2.05, 4.69) is 20.9 Å². The highest BCUT2D eigenvalue weighted by Gasteiger charge is 2.31. The van der Waals surface area contributed by atoms with Gasteiger partial charge in [-0.05, 0) is 30.9 Å². The van der Waals surface area contributed by atoms with E-state index in [1.165, 1.54) is 6.92 Å². The average molecular weight is 490 g/mol. The van der Waals surface area contributed by atoms with Crippen LogP contribution in [0.3, 0.4) is 0 Å². The highest BCUT2D eigenvalue weighted by molar-refractivity contribution is 5.94. The zero-order valence-electron chi connectivity index (χ0n) is 19.7. The van der Waals surface area contributed by atoms with Gasteiger partial charge in [-0.3, -0.25) is 19.2 Å². The number of hydrogen-bond acceptors (Lipinski definition) is 6. The Labute approximate surface area is 201 Å². The lowest BCUT2D eigenvalue weighted by Crippen LogP contribution is -2.58. The van der Waals surface area contributed by atoms with Crippen molar-refractivity contribution in [1.82, 2.24) is 20.9 Å². The van der Waals surface area contributed by atoms with Crippen LogP contribution in [-0.4, -0.2) is 69.0 Å². The summed E-state index contributed by atoms with van der Waals surface area (Å²) in [6.07, 6.45) is 1.19. The van der Waals surface area contributed by atoms with Gasteiger partial charge in [0.25, 0.3) is 0 Å². The number of benzene rings is 1. The second kappa shape index (κ2) is 12.0. The number of carbonyl (C=O) groups excluding carboxylic acids is 3. The number of fused-ring (bicyclic) bond motifs is 1. The summed E-state index contributed by atoms with van der Waals surface area (Å²) in [6, 6.07) is 2.78. The molecule has 0 aliphatic carbocycles. The molecule has 4 atom stereocenters. The van der Waals surface area contributed by atoms with Gasteiger partial charge in [-0.15, -0.1) is 0 Å². The van der Waals surface area contributed by atoms with Crippen LogP contribution in [0.2, 0.25) is 0 Å². The van der Waals surface area contributed by atoms with E-state index in [0.29, 0.717) is 0 Å². The molecule has 1 aromatic heterocycles. The fourth-order valence-corrected chi connectivity index (χ4v) is 3.47. The van der Waals surface area contributed by atoms with Gasteiger partial charge in [0.15, 0.2) is 0 Å². The van der Waals surface area contributed by atoms with Crippen LogP contribution in [-0.2, 0) is 30.4 Å². The SMILES string of the molecule is CC(NC(=O)C(N)Cc1c[nH]c2ccccc12)C(=O)NC(C(=O)NC(CC(=O)O)C(=O)O)C(C)C. The lowest BCUT2D eigenvalue weighted by atomic mass is 10.0. The van der Waals surface area contributed by atoms with Gasteiger partial charge in [0.05, 0.1) is 12.5 Å². The summed E-state index contributed by atoms with van der Waals surface area (Å²) < 4.78 is 0. The highest BCUT2D eigenvalue weighted by Crippen LogP contribution is 2.18. The van der Waals surface area contributed by atoms with Gasteiger partial charge in [-0.1, -0.05) is 32.0 Å². The van der Waals surface area contributed by atoms with Gasteiger partial charge in [0.1, 0.15) is 18.1 Å². The number of carbonyl (C=O) groups is 5. The van der Waals surface area contributed by atoms with E-state index in [1.807, 2.05) is 24.3 Å². The van der Waals surface area contributed by atoms with Gasteiger partial charge in [0.2, 0.25) is 17.7 Å². The fraction of sp³-hybridized carbons (Fsp3) is 0.435. The molecule has 35 heavy (non-hydrogen) atoms. The third-order valence-corrected chi connectivity index (χ3v) is 5.44. The Morgan fingerprint density at radius 3 is 2.20 bits per heavy atom. The molecule has 1 heterocycles. The first-order valence-corrected chi connectivity index (χ1v) is 11.1. The lowest BCUT2D eigenvalue weighted by molar-refractivity contribution is -0.147. The third-order valence-electron chi connectivity index (χ3n) is 5.44. The van der Waals surface area contributed by atoms with Crippen LogP contribution >= 0.6 is 0 Å². The van der Waals surface area contributed by atoms with Crippen molar-refractivity contribution in [2.45, 2.75) is 57.8 Å². The maximum absolute atomic E-state index is 12.6. The van der Waals surface area contributed by atoms with E-state index in [-0.39, 0.29) is 6.42 Å². The van der Waals surface area contributed by atoms with Crippen molar-refractivity contribution in [3.63, 3.8) is 0 Å². The Morgan fingerprint density at radius 1 is 0.943 bits per heavy atom. The standard InChI is InChI=1S/C23H31N5O7/c1-11(2)19(22(33)27-17(23(34)35)9-18(29)30)28-20(31)12(3)26-21(32)15(24)8-13-10-25-16-7-5-4-6-14(13)16/h4-7,10-12,15,17,19,25H,8-9,24H2,1-3H3,(H,26,32)(H,27,33)(H,28,31)(H,29,30)(H,34,35). The molecule has 0 aliphatic rings. The number of H-pyrrole nitrogens is 1. The Kier molecular flexibility index (Phi) is 9.34. The Bertz CT molecular complexity index is 1100. The molecule has 12 heteroatoms. The number of rotatable bonds is 12. The van der Waals surface area contributed by atoms with E-state index < -0.39 is 66.2 Å². The molecular weight excluding hydrogens is 458 g/mol. The maximum Gasteiger partial charge on any atom is 0.326 e. The minimum atomic E-state index is -1.65. The first kappa shape index (κ1) is 27.3. The molecule has 0 radical (unpaired) electrons. The Hall–Kier alpha value is -3.93. The van der Waals surface area contributed by atoms with Crippen LogP contribution in [0.25, 0.3) is 10.9 Å². The van der Waals surface area contributed by atoms with Crippen molar-refractivity contribution in [1.29, 1.82) is 0 Å². The number of aromatic nitrogens is 1. The van der Waals surface area contributed by atoms with Crippen LogP contribution < -0.4 is 21.7 Å². The minimum absolute atomic E-state index is 0.237. The first-order chi connectivity index (χ1) is 16.4. The molecular formula is C23H31N5O7. The van der Waals surface area contributed by atoms with E-state index in [9.17, 15) is 24.0 Å². The van der Waals surface area contributed by atoms with Crippen molar-refractivity contribution in [2.75, 3.05) is 0 Å². The molecule has 8 N–H and O–H groups in total. The number of aliphatic carboxylic acids is 2. The van der Waals surface area contributed by atoms with Crippen LogP contribution in [0, 0.1) is 5.92 Å². The molecule has 3 amide bonds. The number of para-hydroxylation sites is 1. The summed E-state index contributed by atoms with van der Waals surface area (Å²) in [6.45, 7) is 4.67. The van der Waals surface area contributed by atoms with E-state index in [1.54, 1.807) is 20.0 Å². The molecule has 0 aliphatic heterocycles. The molecule has 0 saturated heterocycles. The van der Waals surface area contributed by atoms with Crippen LogP contribution in [0.15, 0.2) is 30.5 Å². The smallest absolute Gasteiger partial charge is 0.326 e. The number of amides is 3. The van der Waals surface area contributed by atoms with Gasteiger partial charge in [-0.2, -0.15) is 0 Å². The number of hydrogen-bond donors (Lipinski definition) is 7. The van der Waals surface area contributed by atoms with Gasteiger partial charge < -0.3 is 36.9 Å². The fourth-order valence-electron chi connectivity index (χ4n) is 3.47. The second-order valence-electron chi connectivity index (χ2n) is 8.63. The van der Waals surface area contributed by atoms with E-state index >= 15 is 0 Å². The molecule has 190 valence electrons. The molecule has 2 rings (SSSR count). The number of carboxylic acid groups (broad SMARTS) is 2. The summed E-state index contributed by atoms with van der Waals surface area (Å²) in [7, 11) is 0. The third kappa shape index (κ3) is 7.54. The normalized spacial score (nSPS) is 14.5. The summed E-state index contributed by atoms with van der Waals surface area (Å²) in [5, 5.41) is 26.0. The number of carboxylic acids is 2. The van der Waals surface area contributed by atoms with Crippen molar-refractivity contribution in [2.24, 2.45) is 11.7 Å². The Morgan fingerprint density at radius 2 is 1.60 bits per heavy atom. The van der Waals surface area contributed by atoms with Crippen molar-refractivity contribution < 1.29 is 34.2 Å². The number of aromatic amines is 1. The molecule has 0 spiro atoms. The van der Waals surface area contributed by atoms with Crippen molar-refractivity contribution in [3.8, 4) is 0 Å². The molecule has 12 nitrogen and oxygen atoms in total. The molecule has 2 aromatic rings. The number of nitrogens with one attached hydrogen (secondary N) is 4. The molecule has 0 saturated carbocycles. The van der Waals surface area contributed by atoms with Crippen LogP contribution in [0.1, 0.15) is 32.8 Å². The Balaban J connectivity index is 1.97. The van der Waals surface area contributed by atoms with Crippen molar-refractivity contribution >= 4 is 40.6 Å². The molecule has 4 unspecified atom stereocenters. The maximum atomic E-state index is 12.6. The van der Waals surface area contributed by atoms with Gasteiger partial charge in [0, 0.05) is 17.1 Å². The van der Waals surface area contributed by atoms with E-state index in [4.69, 9.17) is 15.9 Å².